The van der Waals surface area contributed by atoms with Crippen molar-refractivity contribution < 1.29 is 14.3 Å². The summed E-state index contributed by atoms with van der Waals surface area (Å²) in [7, 11) is 0. The zero-order valence-corrected chi connectivity index (χ0v) is 14.0. The summed E-state index contributed by atoms with van der Waals surface area (Å²) in [6, 6.07) is 12.5. The number of rotatable bonds is 3. The van der Waals surface area contributed by atoms with Crippen molar-refractivity contribution in [2.45, 2.75) is 0 Å². The van der Waals surface area contributed by atoms with E-state index >= 15 is 0 Å². The van der Waals surface area contributed by atoms with Gasteiger partial charge in [0.05, 0.1) is 16.4 Å². The van der Waals surface area contributed by atoms with Crippen LogP contribution in [0.15, 0.2) is 59.3 Å². The number of carbonyl (C=O) groups excluding carboxylic acids is 1. The van der Waals surface area contributed by atoms with Gasteiger partial charge in [-0.2, -0.15) is 5.10 Å². The van der Waals surface area contributed by atoms with Gasteiger partial charge in [0.25, 0.3) is 5.91 Å². The summed E-state index contributed by atoms with van der Waals surface area (Å²) in [4.78, 5) is 12.5. The third-order valence-corrected chi connectivity index (χ3v) is 3.96. The molecule has 120 valence electrons. The maximum Gasteiger partial charge on any atom is 0.255 e. The molecule has 1 aliphatic heterocycles. The normalized spacial score (nSPS) is 12.2. The molecule has 0 aliphatic carbocycles. The summed E-state index contributed by atoms with van der Waals surface area (Å²) >= 11 is 3.36. The number of nitrogens with zero attached hydrogens (tertiary/aromatic N) is 2. The molecule has 0 spiro atoms. The maximum atomic E-state index is 12.5. The van der Waals surface area contributed by atoms with Gasteiger partial charge in [0, 0.05) is 23.5 Å². The predicted molar refractivity (Wildman–Crippen MR) is 91.8 cm³/mol. The molecule has 0 bridgehead atoms. The van der Waals surface area contributed by atoms with Crippen LogP contribution >= 0.6 is 15.9 Å². The van der Waals surface area contributed by atoms with Gasteiger partial charge in [-0.3, -0.25) is 4.79 Å². The highest BCUT2D eigenvalue weighted by molar-refractivity contribution is 9.10. The van der Waals surface area contributed by atoms with E-state index in [9.17, 15) is 4.79 Å². The Morgan fingerprint density at radius 2 is 2.04 bits per heavy atom. The van der Waals surface area contributed by atoms with Crippen LogP contribution < -0.4 is 14.8 Å². The predicted octanol–water partition coefficient (Wildman–Crippen LogP) is 3.62. The van der Waals surface area contributed by atoms with Crippen molar-refractivity contribution in [3.63, 3.8) is 0 Å². The van der Waals surface area contributed by atoms with Crippen molar-refractivity contribution >= 4 is 27.5 Å². The van der Waals surface area contributed by atoms with E-state index in [1.165, 1.54) is 0 Å². The van der Waals surface area contributed by atoms with Crippen LogP contribution in [0.2, 0.25) is 0 Å². The molecule has 1 aromatic heterocycles. The molecular weight excluding hydrogens is 374 g/mol. The molecule has 2 aromatic carbocycles. The highest BCUT2D eigenvalue weighted by atomic mass is 79.9. The van der Waals surface area contributed by atoms with Gasteiger partial charge in [0.1, 0.15) is 0 Å². The lowest BCUT2D eigenvalue weighted by Gasteiger charge is -2.08. The minimum Gasteiger partial charge on any atom is -0.454 e. The van der Waals surface area contributed by atoms with Crippen LogP contribution in [0, 0.1) is 0 Å². The molecule has 2 heterocycles. The summed E-state index contributed by atoms with van der Waals surface area (Å²) in [6.45, 7) is 0.203. The molecule has 0 unspecified atom stereocenters. The first-order valence-electron chi connectivity index (χ1n) is 7.21. The lowest BCUT2D eigenvalue weighted by Crippen LogP contribution is -2.12. The fraction of sp³-hybridized carbons (Fsp3) is 0.0588. The van der Waals surface area contributed by atoms with Crippen molar-refractivity contribution in [2.75, 3.05) is 12.1 Å². The van der Waals surface area contributed by atoms with Gasteiger partial charge in [-0.15, -0.1) is 0 Å². The molecule has 0 saturated carbocycles. The van der Waals surface area contributed by atoms with Crippen molar-refractivity contribution in [3.8, 4) is 17.2 Å². The van der Waals surface area contributed by atoms with Gasteiger partial charge in [0.15, 0.2) is 11.5 Å². The minimum absolute atomic E-state index is 0.203. The fourth-order valence-corrected chi connectivity index (χ4v) is 2.69. The SMILES string of the molecule is O=C(Nc1ccc2c(c1)OCO2)c1cccc(-n2cc(Br)cn2)c1. The highest BCUT2D eigenvalue weighted by Gasteiger charge is 2.15. The van der Waals surface area contributed by atoms with Gasteiger partial charge < -0.3 is 14.8 Å². The Morgan fingerprint density at radius 3 is 2.88 bits per heavy atom. The number of amides is 1. The third-order valence-electron chi connectivity index (χ3n) is 3.55. The highest BCUT2D eigenvalue weighted by Crippen LogP contribution is 2.34. The zero-order valence-electron chi connectivity index (χ0n) is 12.4. The van der Waals surface area contributed by atoms with Gasteiger partial charge in [-0.25, -0.2) is 4.68 Å². The second-order valence-corrected chi connectivity index (χ2v) is 6.09. The monoisotopic (exact) mass is 385 g/mol. The Labute approximate surface area is 146 Å². The van der Waals surface area contributed by atoms with Crippen molar-refractivity contribution in [1.29, 1.82) is 0 Å². The molecule has 7 heteroatoms. The van der Waals surface area contributed by atoms with Crippen LogP contribution in [0.5, 0.6) is 11.5 Å². The Bertz CT molecular complexity index is 923. The fourth-order valence-electron chi connectivity index (χ4n) is 2.41. The standard InChI is InChI=1S/C17H12BrN3O3/c18-12-8-19-21(9-12)14-3-1-2-11(6-14)17(22)20-13-4-5-15-16(7-13)24-10-23-15/h1-9H,10H2,(H,20,22). The van der Waals surface area contributed by atoms with Crippen LogP contribution in [0.1, 0.15) is 10.4 Å². The van der Waals surface area contributed by atoms with Crippen molar-refractivity contribution in [3.05, 3.63) is 64.9 Å². The molecule has 0 saturated heterocycles. The Morgan fingerprint density at radius 1 is 1.17 bits per heavy atom. The van der Waals surface area contributed by atoms with Crippen molar-refractivity contribution in [2.24, 2.45) is 0 Å². The van der Waals surface area contributed by atoms with Gasteiger partial charge in [-0.05, 0) is 46.3 Å². The number of halogens is 1. The van der Waals surface area contributed by atoms with Crippen LogP contribution in [-0.2, 0) is 0 Å². The molecule has 1 amide bonds. The van der Waals surface area contributed by atoms with E-state index in [1.807, 2.05) is 18.3 Å². The molecule has 4 rings (SSSR count). The van der Waals surface area contributed by atoms with Crippen LogP contribution in [0.4, 0.5) is 5.69 Å². The summed E-state index contributed by atoms with van der Waals surface area (Å²) in [5.41, 5.74) is 1.99. The summed E-state index contributed by atoms with van der Waals surface area (Å²) < 4.78 is 13.1. The number of anilines is 1. The van der Waals surface area contributed by atoms with E-state index in [2.05, 4.69) is 26.3 Å². The zero-order chi connectivity index (χ0) is 16.5. The number of nitrogens with one attached hydrogen (secondary N) is 1. The number of aromatic nitrogens is 2. The average molecular weight is 386 g/mol. The van der Waals surface area contributed by atoms with E-state index in [-0.39, 0.29) is 12.7 Å². The molecule has 6 nitrogen and oxygen atoms in total. The topological polar surface area (TPSA) is 65.4 Å². The smallest absolute Gasteiger partial charge is 0.255 e. The third kappa shape index (κ3) is 2.85. The average Bonchev–Trinajstić information content (AvgIpc) is 3.23. The molecule has 0 atom stereocenters. The quantitative estimate of drug-likeness (QED) is 0.747. The Hall–Kier alpha value is -2.80. The Kier molecular flexibility index (Phi) is 3.70. The van der Waals surface area contributed by atoms with Gasteiger partial charge in [0.2, 0.25) is 6.79 Å². The number of ether oxygens (including phenoxy) is 2. The van der Waals surface area contributed by atoms with E-state index in [0.29, 0.717) is 22.7 Å². The van der Waals surface area contributed by atoms with Crippen molar-refractivity contribution in [1.82, 2.24) is 9.78 Å². The molecule has 0 radical (unpaired) electrons. The molecule has 1 aliphatic rings. The van der Waals surface area contributed by atoms with E-state index < -0.39 is 0 Å². The number of hydrogen-bond acceptors (Lipinski definition) is 4. The second-order valence-electron chi connectivity index (χ2n) is 5.18. The number of hydrogen-bond donors (Lipinski definition) is 1. The molecular formula is C17H12BrN3O3. The minimum atomic E-state index is -0.207. The number of fused-ring (bicyclic) bond motifs is 1. The summed E-state index contributed by atoms with van der Waals surface area (Å²) in [6.07, 6.45) is 3.52. The van der Waals surface area contributed by atoms with E-state index in [1.54, 1.807) is 41.2 Å². The Balaban J connectivity index is 1.56. The van der Waals surface area contributed by atoms with E-state index in [4.69, 9.17) is 9.47 Å². The molecule has 0 fully saturated rings. The first-order chi connectivity index (χ1) is 11.7. The molecule has 1 N–H and O–H groups in total. The lowest BCUT2D eigenvalue weighted by molar-refractivity contribution is 0.102. The lowest BCUT2D eigenvalue weighted by atomic mass is 10.2. The molecule has 3 aromatic rings. The largest absolute Gasteiger partial charge is 0.454 e. The number of benzene rings is 2. The first kappa shape index (κ1) is 14.8. The summed E-state index contributed by atoms with van der Waals surface area (Å²) in [5.74, 6) is 1.10. The first-order valence-corrected chi connectivity index (χ1v) is 8.00. The second kappa shape index (κ2) is 6.01. The number of carbonyl (C=O) groups is 1. The molecule has 24 heavy (non-hydrogen) atoms. The van der Waals surface area contributed by atoms with Gasteiger partial charge in [-0.1, -0.05) is 6.07 Å². The van der Waals surface area contributed by atoms with Crippen LogP contribution in [0.25, 0.3) is 5.69 Å². The van der Waals surface area contributed by atoms with Crippen LogP contribution in [-0.4, -0.2) is 22.5 Å². The van der Waals surface area contributed by atoms with Gasteiger partial charge >= 0.3 is 0 Å². The maximum absolute atomic E-state index is 12.5. The van der Waals surface area contributed by atoms with Crippen LogP contribution in [0.3, 0.4) is 0 Å². The summed E-state index contributed by atoms with van der Waals surface area (Å²) in [5, 5.41) is 7.08. The van der Waals surface area contributed by atoms with E-state index in [0.717, 1.165) is 10.2 Å².